The van der Waals surface area contributed by atoms with Gasteiger partial charge in [0, 0.05) is 25.6 Å². The molecular weight excluding hydrogens is 350 g/mol. The fourth-order valence-electron chi connectivity index (χ4n) is 2.13. The Hall–Kier alpha value is -3.13. The number of phenolic OH excluding ortho intramolecular Hbond substituents is 1. The van der Waals surface area contributed by atoms with Gasteiger partial charge in [-0.2, -0.15) is 0 Å². The Morgan fingerprint density at radius 1 is 1.30 bits per heavy atom. The van der Waals surface area contributed by atoms with Gasteiger partial charge < -0.3 is 26.2 Å². The van der Waals surface area contributed by atoms with Crippen molar-refractivity contribution in [2.45, 2.75) is 25.4 Å². The van der Waals surface area contributed by atoms with Crippen LogP contribution in [0.25, 0.3) is 0 Å². The average molecular weight is 375 g/mol. The third-order valence-electron chi connectivity index (χ3n) is 3.39. The number of nitrogens with one attached hydrogen (secondary N) is 2. The van der Waals surface area contributed by atoms with Gasteiger partial charge in [-0.15, -0.1) is 0 Å². The maximum Gasteiger partial charge on any atom is 0.330 e. The second-order valence-electron chi connectivity index (χ2n) is 5.81. The molecule has 1 rings (SSSR count). The lowest BCUT2D eigenvalue weighted by atomic mass is 10.1. The van der Waals surface area contributed by atoms with Crippen molar-refractivity contribution < 1.29 is 24.2 Å². The van der Waals surface area contributed by atoms with E-state index in [4.69, 9.17) is 10.5 Å². The lowest BCUT2D eigenvalue weighted by Crippen LogP contribution is -2.48. The van der Waals surface area contributed by atoms with Crippen LogP contribution in [0.3, 0.4) is 0 Å². The Morgan fingerprint density at radius 3 is 2.56 bits per heavy atom. The van der Waals surface area contributed by atoms with Gasteiger partial charge in [0.25, 0.3) is 0 Å². The molecule has 0 aliphatic rings. The number of aromatic hydroxyl groups is 1. The molecule has 0 aromatic heterocycles. The number of carbonyl (C=O) groups is 3. The summed E-state index contributed by atoms with van der Waals surface area (Å²) in [4.78, 5) is 34.9. The second kappa shape index (κ2) is 11.5. The molecule has 2 atom stereocenters. The van der Waals surface area contributed by atoms with Crippen molar-refractivity contribution in [3.8, 4) is 5.75 Å². The van der Waals surface area contributed by atoms with Crippen LogP contribution in [0.5, 0.6) is 5.75 Å². The third kappa shape index (κ3) is 9.22. The van der Waals surface area contributed by atoms with Crippen LogP contribution in [0.1, 0.15) is 12.5 Å². The van der Waals surface area contributed by atoms with Crippen LogP contribution in [0, 0.1) is 0 Å². The monoisotopic (exact) mass is 375 g/mol. The Labute approximate surface area is 158 Å². The second-order valence-corrected chi connectivity index (χ2v) is 5.81. The summed E-state index contributed by atoms with van der Waals surface area (Å²) in [5.41, 5.74) is 6.86. The van der Waals surface area contributed by atoms with E-state index in [-0.39, 0.29) is 18.9 Å². The number of benzene rings is 1. The molecule has 0 radical (unpaired) electrons. The minimum absolute atomic E-state index is 0.00881. The molecule has 0 saturated carbocycles. The third-order valence-corrected chi connectivity index (χ3v) is 3.39. The molecule has 0 heterocycles. The summed E-state index contributed by atoms with van der Waals surface area (Å²) in [6.45, 7) is 4.59. The minimum atomic E-state index is -0.995. The highest BCUT2D eigenvalue weighted by molar-refractivity contribution is 5.89. The summed E-state index contributed by atoms with van der Waals surface area (Å²) in [6, 6.07) is 5.22. The van der Waals surface area contributed by atoms with E-state index in [1.807, 2.05) is 0 Å². The summed E-state index contributed by atoms with van der Waals surface area (Å²) in [6.07, 6.45) is 4.70. The zero-order valence-corrected chi connectivity index (χ0v) is 15.2. The van der Waals surface area contributed by atoms with Crippen LogP contribution >= 0.6 is 0 Å². The Bertz CT molecular complexity index is 685. The van der Waals surface area contributed by atoms with Crippen LogP contribution in [0.4, 0.5) is 0 Å². The molecule has 27 heavy (non-hydrogen) atoms. The molecule has 0 spiro atoms. The Balaban J connectivity index is 2.50. The number of ether oxygens (including phenoxy) is 1. The largest absolute Gasteiger partial charge is 0.508 e. The van der Waals surface area contributed by atoms with Crippen molar-refractivity contribution in [1.29, 1.82) is 0 Å². The Kier molecular flexibility index (Phi) is 9.32. The first kappa shape index (κ1) is 21.9. The number of hydrogen-bond donors (Lipinski definition) is 4. The molecule has 8 heteroatoms. The summed E-state index contributed by atoms with van der Waals surface area (Å²) in [7, 11) is 0. The normalized spacial score (nSPS) is 12.8. The number of hydrogen-bond acceptors (Lipinski definition) is 6. The molecule has 1 aromatic carbocycles. The van der Waals surface area contributed by atoms with Gasteiger partial charge in [-0.25, -0.2) is 4.79 Å². The highest BCUT2D eigenvalue weighted by Gasteiger charge is 2.21. The van der Waals surface area contributed by atoms with Crippen LogP contribution in [0.2, 0.25) is 0 Å². The number of phenols is 1. The van der Waals surface area contributed by atoms with Gasteiger partial charge in [0.2, 0.25) is 11.8 Å². The maximum atomic E-state index is 11.9. The van der Waals surface area contributed by atoms with E-state index < -0.39 is 29.9 Å². The van der Waals surface area contributed by atoms with E-state index in [9.17, 15) is 19.5 Å². The minimum Gasteiger partial charge on any atom is -0.508 e. The van der Waals surface area contributed by atoms with Crippen molar-refractivity contribution >= 4 is 17.8 Å². The zero-order valence-electron chi connectivity index (χ0n) is 15.2. The highest BCUT2D eigenvalue weighted by atomic mass is 16.5. The van der Waals surface area contributed by atoms with Crippen molar-refractivity contribution in [2.24, 2.45) is 5.73 Å². The van der Waals surface area contributed by atoms with E-state index in [1.54, 1.807) is 24.3 Å². The van der Waals surface area contributed by atoms with Crippen molar-refractivity contribution in [3.05, 3.63) is 54.6 Å². The van der Waals surface area contributed by atoms with Gasteiger partial charge in [-0.3, -0.25) is 9.59 Å². The molecule has 0 saturated heterocycles. The lowest BCUT2D eigenvalue weighted by molar-refractivity contribution is -0.146. The highest BCUT2D eigenvalue weighted by Crippen LogP contribution is 2.11. The molecule has 8 nitrogen and oxygen atoms in total. The predicted molar refractivity (Wildman–Crippen MR) is 101 cm³/mol. The van der Waals surface area contributed by atoms with E-state index in [2.05, 4.69) is 17.2 Å². The van der Waals surface area contributed by atoms with Crippen LogP contribution in [-0.2, 0) is 25.5 Å². The van der Waals surface area contributed by atoms with Gasteiger partial charge in [0.05, 0.1) is 0 Å². The molecular formula is C19H25N3O5. The molecule has 0 fully saturated rings. The molecule has 0 aliphatic carbocycles. The fraction of sp³-hybridized carbons (Fsp3) is 0.316. The van der Waals surface area contributed by atoms with E-state index in [1.165, 1.54) is 25.2 Å². The van der Waals surface area contributed by atoms with Crippen LogP contribution < -0.4 is 16.4 Å². The van der Waals surface area contributed by atoms with E-state index in [0.717, 1.165) is 5.56 Å². The molecule has 2 amide bonds. The number of rotatable bonds is 10. The first-order valence-electron chi connectivity index (χ1n) is 8.36. The number of carbonyl (C=O) groups excluding carboxylic acids is 3. The SMILES string of the molecule is C=CCOC(=O)[C@H](CNC(=O)/C=C/[C@@H](N)Cc1ccc(O)cc1)NC(C)=O. The molecule has 0 aliphatic heterocycles. The first-order valence-corrected chi connectivity index (χ1v) is 8.36. The number of nitrogens with two attached hydrogens (primary N) is 1. The molecule has 0 bridgehead atoms. The maximum absolute atomic E-state index is 11.9. The lowest BCUT2D eigenvalue weighted by Gasteiger charge is -2.16. The summed E-state index contributed by atoms with van der Waals surface area (Å²) >= 11 is 0. The van der Waals surface area contributed by atoms with E-state index in [0.29, 0.717) is 6.42 Å². The number of amides is 2. The van der Waals surface area contributed by atoms with E-state index >= 15 is 0 Å². The number of esters is 1. The van der Waals surface area contributed by atoms with Gasteiger partial charge in [-0.05, 0) is 24.1 Å². The standard InChI is InChI=1S/C19H25N3O5/c1-3-10-27-19(26)17(22-13(2)23)12-21-18(25)9-6-15(20)11-14-4-7-16(24)8-5-14/h3-9,15,17,24H,1,10-12,20H2,2H3,(H,21,25)(H,22,23)/b9-6+/t15-,17+/m1/s1. The summed E-state index contributed by atoms with van der Waals surface area (Å²) < 4.78 is 4.88. The topological polar surface area (TPSA) is 131 Å². The Morgan fingerprint density at radius 2 is 1.96 bits per heavy atom. The van der Waals surface area contributed by atoms with Crippen molar-refractivity contribution in [3.63, 3.8) is 0 Å². The van der Waals surface area contributed by atoms with Gasteiger partial charge in [0.15, 0.2) is 0 Å². The fourth-order valence-corrected chi connectivity index (χ4v) is 2.13. The molecule has 1 aromatic rings. The quantitative estimate of drug-likeness (QED) is 0.262. The summed E-state index contributed by atoms with van der Waals surface area (Å²) in [5.74, 6) is -1.37. The van der Waals surface area contributed by atoms with Gasteiger partial charge in [-0.1, -0.05) is 30.9 Å². The molecule has 146 valence electrons. The van der Waals surface area contributed by atoms with Crippen molar-refractivity contribution in [1.82, 2.24) is 10.6 Å². The first-order chi connectivity index (χ1) is 12.8. The van der Waals surface area contributed by atoms with Gasteiger partial charge in [0.1, 0.15) is 18.4 Å². The van der Waals surface area contributed by atoms with Crippen LogP contribution in [0.15, 0.2) is 49.1 Å². The van der Waals surface area contributed by atoms with Crippen molar-refractivity contribution in [2.75, 3.05) is 13.2 Å². The van der Waals surface area contributed by atoms with Crippen LogP contribution in [-0.4, -0.2) is 48.1 Å². The zero-order chi connectivity index (χ0) is 20.2. The molecule has 5 N–H and O–H groups in total. The van der Waals surface area contributed by atoms with Gasteiger partial charge >= 0.3 is 5.97 Å². The average Bonchev–Trinajstić information content (AvgIpc) is 2.63. The summed E-state index contributed by atoms with van der Waals surface area (Å²) in [5, 5.41) is 14.2. The molecule has 0 unspecified atom stereocenters. The predicted octanol–water partition coefficient (Wildman–Crippen LogP) is 0.168. The smallest absolute Gasteiger partial charge is 0.330 e.